The third kappa shape index (κ3) is 3.80. The molecular formula is C17H14FNO5S. The maximum Gasteiger partial charge on any atom is 0.313 e. The predicted octanol–water partition coefficient (Wildman–Crippen LogP) is 2.14. The molecule has 0 spiro atoms. The number of halogens is 1. The fraction of sp³-hybridized carbons (Fsp3) is 0.118. The molecule has 25 heavy (non-hydrogen) atoms. The van der Waals surface area contributed by atoms with Crippen molar-refractivity contribution in [3.05, 3.63) is 83.2 Å². The Bertz CT molecular complexity index is 1060. The second-order valence-electron chi connectivity index (χ2n) is 4.97. The molecule has 8 heteroatoms. The van der Waals surface area contributed by atoms with Gasteiger partial charge in [-0.25, -0.2) is 4.39 Å². The minimum atomic E-state index is -5.05. The predicted molar refractivity (Wildman–Crippen MR) is 86.6 cm³/mol. The molecule has 0 fully saturated rings. The van der Waals surface area contributed by atoms with E-state index in [0.29, 0.717) is 0 Å². The monoisotopic (exact) mass is 366 g/mol. The summed E-state index contributed by atoms with van der Waals surface area (Å²) in [5.41, 5.74) is 2.19. The quantitative estimate of drug-likeness (QED) is 0.815. The lowest BCUT2D eigenvalue weighted by molar-refractivity contribution is -0.123. The van der Waals surface area contributed by atoms with Crippen molar-refractivity contribution in [1.29, 1.82) is 0 Å². The van der Waals surface area contributed by atoms with E-state index in [1.807, 2.05) is 0 Å². The van der Waals surface area contributed by atoms with Gasteiger partial charge in [0.25, 0.3) is 0 Å². The van der Waals surface area contributed by atoms with Gasteiger partial charge in [0.1, 0.15) is 11.5 Å². The lowest BCUT2D eigenvalue weighted by Gasteiger charge is -2.09. The van der Waals surface area contributed by atoms with Gasteiger partial charge in [-0.05, 0) is 17.7 Å². The van der Waals surface area contributed by atoms with E-state index in [0.717, 1.165) is 24.3 Å². The molecule has 0 saturated heterocycles. The van der Waals surface area contributed by atoms with Gasteiger partial charge in [0.05, 0.1) is 4.11 Å². The number of ketones is 1. The summed E-state index contributed by atoms with van der Waals surface area (Å²) < 4.78 is 71.7. The van der Waals surface area contributed by atoms with Gasteiger partial charge in [-0.1, -0.05) is 42.5 Å². The summed E-state index contributed by atoms with van der Waals surface area (Å²) in [5, 5.41) is 0. The Kier molecular flexibility index (Phi) is 3.52. The van der Waals surface area contributed by atoms with Gasteiger partial charge in [-0.15, -0.1) is 0 Å². The Morgan fingerprint density at radius 1 is 1.20 bits per heavy atom. The Morgan fingerprint density at radius 2 is 1.84 bits per heavy atom. The maximum absolute atomic E-state index is 13.1. The number of hydrogen-bond acceptors (Lipinski definition) is 6. The highest BCUT2D eigenvalue weighted by molar-refractivity contribution is 7.86. The number of carbonyl (C=O) groups is 1. The van der Waals surface area contributed by atoms with Crippen LogP contribution >= 0.6 is 0 Å². The molecule has 1 unspecified atom stereocenters. The van der Waals surface area contributed by atoms with Crippen molar-refractivity contribution in [2.24, 2.45) is 5.73 Å². The molecule has 0 amide bonds. The van der Waals surface area contributed by atoms with Crippen molar-refractivity contribution in [1.82, 2.24) is 0 Å². The smallest absolute Gasteiger partial charge is 0.313 e. The molecule has 6 nitrogen and oxygen atoms in total. The molecule has 0 aromatic heterocycles. The van der Waals surface area contributed by atoms with Gasteiger partial charge in [0.2, 0.25) is 17.4 Å². The topological polar surface area (TPSA) is 95.7 Å². The first kappa shape index (κ1) is 13.4. The van der Waals surface area contributed by atoms with E-state index in [1.165, 1.54) is 24.3 Å². The van der Waals surface area contributed by atoms with Crippen LogP contribution in [0.1, 0.15) is 21.3 Å². The molecule has 0 aliphatic carbocycles. The Hall–Kier alpha value is -2.87. The Morgan fingerprint density at radius 3 is 2.48 bits per heavy atom. The molecule has 1 atom stereocenters. The number of Topliss-reactive ketones (excluding diaryl/α,β-unsaturated/α-hetero) is 1. The van der Waals surface area contributed by atoms with Gasteiger partial charge < -0.3 is 14.7 Å². The molecule has 2 aromatic rings. The van der Waals surface area contributed by atoms with Crippen LogP contribution in [0.3, 0.4) is 0 Å². The summed E-state index contributed by atoms with van der Waals surface area (Å²) in [4.78, 5) is 12.6. The lowest BCUT2D eigenvalue weighted by Crippen LogP contribution is -2.16. The van der Waals surface area contributed by atoms with Crippen LogP contribution in [0.15, 0.2) is 66.2 Å². The Labute approximate surface area is 148 Å². The number of ether oxygens (including phenoxy) is 1. The third-order valence-electron chi connectivity index (χ3n) is 3.16. The highest BCUT2D eigenvalue weighted by Gasteiger charge is 2.39. The van der Waals surface area contributed by atoms with E-state index in [4.69, 9.17) is 14.6 Å². The molecule has 2 aromatic carbocycles. The van der Waals surface area contributed by atoms with Crippen LogP contribution < -0.4 is 5.73 Å². The number of nitrogens with two attached hydrogens (primary N) is 1. The van der Waals surface area contributed by atoms with E-state index in [1.54, 1.807) is 6.07 Å². The average molecular weight is 366 g/mol. The lowest BCUT2D eigenvalue weighted by atomic mass is 10.1. The number of rotatable bonds is 5. The van der Waals surface area contributed by atoms with Crippen LogP contribution in [0.5, 0.6) is 0 Å². The maximum atomic E-state index is 13.1. The standard InChI is InChI=1S/C17H14FNO5S/c18-13-8-6-12(7-9-13)15-14(20)16(17(19)23-15)24-25(21,22)10-11-4-2-1-3-5-11/h1-9,15H,10,19H2/i10D2,15D. The zero-order valence-electron chi connectivity index (χ0n) is 15.6. The Balaban J connectivity index is 1.93. The van der Waals surface area contributed by atoms with E-state index in [-0.39, 0.29) is 11.1 Å². The van der Waals surface area contributed by atoms with Crippen molar-refractivity contribution in [2.45, 2.75) is 11.8 Å². The number of hydrogen-bond donors (Lipinski definition) is 1. The highest BCUT2D eigenvalue weighted by Crippen LogP contribution is 2.32. The number of benzene rings is 2. The van der Waals surface area contributed by atoms with Gasteiger partial charge >= 0.3 is 10.1 Å². The normalized spacial score (nSPS) is 22.8. The molecule has 2 N–H and O–H groups in total. The third-order valence-corrected chi connectivity index (χ3v) is 4.04. The summed E-state index contributed by atoms with van der Waals surface area (Å²) in [5.74, 6) is -3.69. The summed E-state index contributed by atoms with van der Waals surface area (Å²) >= 11 is 0. The van der Waals surface area contributed by atoms with Gasteiger partial charge in [0, 0.05) is 5.56 Å². The molecule has 0 bridgehead atoms. The van der Waals surface area contributed by atoms with Crippen LogP contribution in [-0.4, -0.2) is 14.2 Å². The first-order chi connectivity index (χ1) is 13.0. The average Bonchev–Trinajstić information content (AvgIpc) is 2.86. The molecule has 1 aliphatic rings. The summed E-state index contributed by atoms with van der Waals surface area (Å²) in [6, 6.07) is 11.1. The van der Waals surface area contributed by atoms with Crippen molar-refractivity contribution in [3.63, 3.8) is 0 Å². The summed E-state index contributed by atoms with van der Waals surface area (Å²) in [6.07, 6.45) is -2.48. The second kappa shape index (κ2) is 6.56. The molecule has 3 rings (SSSR count). The zero-order chi connectivity index (χ0) is 20.7. The highest BCUT2D eigenvalue weighted by atomic mass is 32.2. The van der Waals surface area contributed by atoms with Crippen molar-refractivity contribution < 1.29 is 30.6 Å². The molecular weight excluding hydrogens is 349 g/mol. The van der Waals surface area contributed by atoms with Crippen molar-refractivity contribution >= 4 is 15.9 Å². The summed E-state index contributed by atoms with van der Waals surface area (Å²) in [7, 11) is -5.05. The molecule has 1 aliphatic heterocycles. The van der Waals surface area contributed by atoms with Crippen LogP contribution in [0.25, 0.3) is 0 Å². The van der Waals surface area contributed by atoms with Crippen LogP contribution in [0.4, 0.5) is 4.39 Å². The molecule has 0 saturated carbocycles. The van der Waals surface area contributed by atoms with Crippen molar-refractivity contribution in [2.75, 3.05) is 0 Å². The molecule has 0 radical (unpaired) electrons. The van der Waals surface area contributed by atoms with Crippen molar-refractivity contribution in [3.8, 4) is 0 Å². The van der Waals surface area contributed by atoms with Crippen LogP contribution in [-0.2, 0) is 29.5 Å². The molecule has 1 heterocycles. The second-order valence-corrected chi connectivity index (χ2v) is 6.25. The zero-order valence-corrected chi connectivity index (χ0v) is 13.4. The fourth-order valence-corrected chi connectivity index (χ4v) is 2.91. The molecule has 130 valence electrons. The van der Waals surface area contributed by atoms with Gasteiger partial charge in [-0.2, -0.15) is 8.42 Å². The SMILES string of the molecule is [2H]C1(c2ccc(F)cc2)OC(N)=C(OS(=O)(=O)C([2H])([2H])c2ccccc2)C1=O. The van der Waals surface area contributed by atoms with E-state index in [2.05, 4.69) is 4.18 Å². The fourth-order valence-electron chi connectivity index (χ4n) is 2.07. The summed E-state index contributed by atoms with van der Waals surface area (Å²) in [6.45, 7) is 0. The van der Waals surface area contributed by atoms with Crippen LogP contribution in [0, 0.1) is 5.82 Å². The van der Waals surface area contributed by atoms with E-state index < -0.39 is 45.1 Å². The minimum Gasteiger partial charge on any atom is -0.460 e. The largest absolute Gasteiger partial charge is 0.460 e. The van der Waals surface area contributed by atoms with Gasteiger partial charge in [-0.3, -0.25) is 4.79 Å². The van der Waals surface area contributed by atoms with E-state index in [9.17, 15) is 17.6 Å². The first-order valence-corrected chi connectivity index (χ1v) is 8.39. The minimum absolute atomic E-state index is 0.107. The number of carbonyl (C=O) groups excluding carboxylic acids is 1. The van der Waals surface area contributed by atoms with Gasteiger partial charge in [0.15, 0.2) is 6.08 Å². The van der Waals surface area contributed by atoms with Crippen LogP contribution in [0.2, 0.25) is 0 Å². The first-order valence-electron chi connectivity index (χ1n) is 8.48. The van der Waals surface area contributed by atoms with E-state index >= 15 is 0 Å².